The molecule has 3 N–H and O–H groups in total. The van der Waals surface area contributed by atoms with Crippen molar-refractivity contribution in [3.8, 4) is 5.75 Å². The molecule has 8 nitrogen and oxygen atoms in total. The van der Waals surface area contributed by atoms with Crippen LogP contribution in [-0.2, 0) is 28.9 Å². The third-order valence-electron chi connectivity index (χ3n) is 7.17. The number of para-hydroxylation sites is 1. The molecule has 0 radical (unpaired) electrons. The summed E-state index contributed by atoms with van der Waals surface area (Å²) in [5, 5.41) is 16.5. The number of ether oxygens (including phenoxy) is 1. The lowest BCUT2D eigenvalue weighted by molar-refractivity contribution is -0.142. The van der Waals surface area contributed by atoms with E-state index in [1.807, 2.05) is 30.3 Å². The van der Waals surface area contributed by atoms with Crippen LogP contribution >= 0.6 is 11.6 Å². The Bertz CT molecular complexity index is 1260. The van der Waals surface area contributed by atoms with E-state index in [2.05, 4.69) is 27.7 Å². The molecule has 0 saturated heterocycles. The van der Waals surface area contributed by atoms with E-state index in [-0.39, 0.29) is 12.3 Å². The van der Waals surface area contributed by atoms with Gasteiger partial charge >= 0.3 is 5.97 Å². The summed E-state index contributed by atoms with van der Waals surface area (Å²) in [6.45, 7) is 3.44. The molecule has 0 saturated carbocycles. The summed E-state index contributed by atoms with van der Waals surface area (Å²) in [6, 6.07) is 19.9. The Labute approximate surface area is 247 Å². The monoisotopic (exact) mass is 578 g/mol. The first-order chi connectivity index (χ1) is 20.0. The third-order valence-corrected chi connectivity index (χ3v) is 7.43. The number of fused-ring (bicyclic) bond motifs is 1. The molecule has 1 amide bonds. The average molecular weight is 579 g/mol. The second-order valence-electron chi connectivity index (χ2n) is 10.4. The summed E-state index contributed by atoms with van der Waals surface area (Å²) < 4.78 is 5.90. The number of carboxylic acids is 1. The highest BCUT2D eigenvalue weighted by Gasteiger charge is 2.21. The van der Waals surface area contributed by atoms with Gasteiger partial charge < -0.3 is 20.5 Å². The molecule has 2 aromatic carbocycles. The van der Waals surface area contributed by atoms with Crippen molar-refractivity contribution in [1.82, 2.24) is 15.2 Å². The highest BCUT2D eigenvalue weighted by Crippen LogP contribution is 2.20. The van der Waals surface area contributed by atoms with Crippen LogP contribution in [0.2, 0.25) is 5.02 Å². The number of aliphatic carboxylic acids is 1. The SMILES string of the molecule is O=C(Cc1ccc(Cl)cc1)N[C@@H](CCN(CCCCc1ccc2c(n1)NCCC2)CCOc1ccccc1)C(=O)O. The minimum absolute atomic E-state index is 0.0990. The first-order valence-corrected chi connectivity index (χ1v) is 14.7. The topological polar surface area (TPSA) is 104 Å². The van der Waals surface area contributed by atoms with Crippen LogP contribution in [0.4, 0.5) is 5.82 Å². The second kappa shape index (κ2) is 16.0. The van der Waals surface area contributed by atoms with Gasteiger partial charge in [-0.2, -0.15) is 0 Å². The van der Waals surface area contributed by atoms with Gasteiger partial charge in [0, 0.05) is 30.4 Å². The highest BCUT2D eigenvalue weighted by atomic mass is 35.5. The average Bonchev–Trinajstić information content (AvgIpc) is 2.98. The number of anilines is 1. The number of carbonyl (C=O) groups is 2. The van der Waals surface area contributed by atoms with Gasteiger partial charge in [0.2, 0.25) is 5.91 Å². The van der Waals surface area contributed by atoms with Crippen molar-refractivity contribution in [2.24, 2.45) is 0 Å². The fourth-order valence-corrected chi connectivity index (χ4v) is 5.02. The highest BCUT2D eigenvalue weighted by molar-refractivity contribution is 6.30. The lowest BCUT2D eigenvalue weighted by Gasteiger charge is -2.24. The molecule has 0 unspecified atom stereocenters. The Hall–Kier alpha value is -3.62. The van der Waals surface area contributed by atoms with Crippen molar-refractivity contribution < 1.29 is 19.4 Å². The molecule has 218 valence electrons. The molecular weight excluding hydrogens is 540 g/mol. The molecule has 1 aromatic heterocycles. The van der Waals surface area contributed by atoms with Gasteiger partial charge in [-0.3, -0.25) is 9.69 Å². The lowest BCUT2D eigenvalue weighted by Crippen LogP contribution is -2.44. The van der Waals surface area contributed by atoms with E-state index in [0.717, 1.165) is 68.0 Å². The number of hydrogen-bond donors (Lipinski definition) is 3. The van der Waals surface area contributed by atoms with Gasteiger partial charge in [-0.1, -0.05) is 48.0 Å². The fourth-order valence-electron chi connectivity index (χ4n) is 4.90. The van der Waals surface area contributed by atoms with Crippen LogP contribution in [0.15, 0.2) is 66.7 Å². The maximum Gasteiger partial charge on any atom is 0.326 e. The number of halogens is 1. The summed E-state index contributed by atoms with van der Waals surface area (Å²) in [7, 11) is 0. The summed E-state index contributed by atoms with van der Waals surface area (Å²) >= 11 is 5.92. The Morgan fingerprint density at radius 3 is 2.61 bits per heavy atom. The first kappa shape index (κ1) is 30.3. The number of aromatic nitrogens is 1. The quantitative estimate of drug-likeness (QED) is 0.206. The van der Waals surface area contributed by atoms with E-state index in [1.54, 1.807) is 24.3 Å². The van der Waals surface area contributed by atoms with Gasteiger partial charge in [-0.25, -0.2) is 9.78 Å². The number of amides is 1. The van der Waals surface area contributed by atoms with Crippen molar-refractivity contribution in [1.29, 1.82) is 0 Å². The zero-order valence-electron chi connectivity index (χ0n) is 23.4. The maximum atomic E-state index is 12.6. The van der Waals surface area contributed by atoms with Crippen LogP contribution in [0.25, 0.3) is 0 Å². The summed E-state index contributed by atoms with van der Waals surface area (Å²) in [5.74, 6) is 0.455. The molecule has 3 aromatic rings. The van der Waals surface area contributed by atoms with E-state index in [1.165, 1.54) is 5.56 Å². The predicted molar refractivity (Wildman–Crippen MR) is 162 cm³/mol. The van der Waals surface area contributed by atoms with E-state index >= 15 is 0 Å². The molecule has 1 atom stereocenters. The first-order valence-electron chi connectivity index (χ1n) is 14.4. The third kappa shape index (κ3) is 10.4. The van der Waals surface area contributed by atoms with Crippen LogP contribution in [-0.4, -0.2) is 65.7 Å². The number of carboxylic acid groups (broad SMARTS) is 1. The van der Waals surface area contributed by atoms with Gasteiger partial charge in [0.15, 0.2) is 0 Å². The predicted octanol–water partition coefficient (Wildman–Crippen LogP) is 5.00. The van der Waals surface area contributed by atoms with E-state index < -0.39 is 12.0 Å². The number of nitrogens with zero attached hydrogens (tertiary/aromatic N) is 2. The van der Waals surface area contributed by atoms with Crippen LogP contribution in [0.1, 0.15) is 42.5 Å². The number of rotatable bonds is 16. The molecule has 41 heavy (non-hydrogen) atoms. The Balaban J connectivity index is 1.28. The second-order valence-corrected chi connectivity index (χ2v) is 10.8. The van der Waals surface area contributed by atoms with Crippen molar-refractivity contribution in [2.75, 3.05) is 38.1 Å². The minimum Gasteiger partial charge on any atom is -0.492 e. The number of unbranched alkanes of at least 4 members (excludes halogenated alkanes) is 1. The van der Waals surface area contributed by atoms with Crippen molar-refractivity contribution in [2.45, 2.75) is 51.0 Å². The zero-order valence-corrected chi connectivity index (χ0v) is 24.1. The number of aryl methyl sites for hydroxylation is 2. The van der Waals surface area contributed by atoms with E-state index in [9.17, 15) is 14.7 Å². The lowest BCUT2D eigenvalue weighted by atomic mass is 10.1. The number of hydrogen-bond acceptors (Lipinski definition) is 6. The molecule has 1 aliphatic heterocycles. The van der Waals surface area contributed by atoms with Crippen molar-refractivity contribution >= 4 is 29.3 Å². The minimum atomic E-state index is -1.04. The van der Waals surface area contributed by atoms with Crippen LogP contribution < -0.4 is 15.4 Å². The molecule has 0 aliphatic carbocycles. The van der Waals surface area contributed by atoms with E-state index in [4.69, 9.17) is 21.3 Å². The number of nitrogens with one attached hydrogen (secondary N) is 2. The maximum absolute atomic E-state index is 12.6. The number of benzene rings is 2. The molecular formula is C32H39ClN4O4. The molecule has 1 aliphatic rings. The molecule has 0 fully saturated rings. The van der Waals surface area contributed by atoms with Gasteiger partial charge in [0.05, 0.1) is 6.42 Å². The largest absolute Gasteiger partial charge is 0.492 e. The van der Waals surface area contributed by atoms with Crippen molar-refractivity contribution in [3.63, 3.8) is 0 Å². The molecule has 0 spiro atoms. The zero-order chi connectivity index (χ0) is 28.9. The summed E-state index contributed by atoms with van der Waals surface area (Å²) in [5.41, 5.74) is 3.16. The van der Waals surface area contributed by atoms with Crippen LogP contribution in [0.5, 0.6) is 5.75 Å². The number of carbonyl (C=O) groups excluding carboxylic acids is 1. The smallest absolute Gasteiger partial charge is 0.326 e. The summed E-state index contributed by atoms with van der Waals surface area (Å²) in [6.07, 6.45) is 5.43. The summed E-state index contributed by atoms with van der Waals surface area (Å²) in [4.78, 5) is 31.6. The molecule has 9 heteroatoms. The Morgan fingerprint density at radius 1 is 1.02 bits per heavy atom. The van der Waals surface area contributed by atoms with Crippen molar-refractivity contribution in [3.05, 3.63) is 88.6 Å². The standard InChI is InChI=1S/C32H39ClN4O4/c33-26-14-11-24(12-15-26)23-30(38)36-29(32(39)40)17-20-37(21-22-41-28-9-2-1-3-10-28)19-5-4-8-27-16-13-25-7-6-18-34-31(25)35-27/h1-3,9-16,29H,4-8,17-23H2,(H,34,35)(H,36,38)(H,39,40)/t29-/m0/s1. The fraction of sp³-hybridized carbons (Fsp3) is 0.406. The molecule has 0 bridgehead atoms. The van der Waals surface area contributed by atoms with E-state index in [0.29, 0.717) is 31.1 Å². The van der Waals surface area contributed by atoms with Gasteiger partial charge in [-0.15, -0.1) is 0 Å². The van der Waals surface area contributed by atoms with Gasteiger partial charge in [-0.05, 0) is 86.5 Å². The number of pyridine rings is 1. The Morgan fingerprint density at radius 2 is 1.83 bits per heavy atom. The Kier molecular flexibility index (Phi) is 11.8. The van der Waals surface area contributed by atoms with Gasteiger partial charge in [0.1, 0.15) is 24.2 Å². The normalized spacial score (nSPS) is 13.2. The molecule has 2 heterocycles. The molecule has 4 rings (SSSR count). The van der Waals surface area contributed by atoms with Gasteiger partial charge in [0.25, 0.3) is 0 Å². The van der Waals surface area contributed by atoms with Crippen LogP contribution in [0, 0.1) is 0 Å². The van der Waals surface area contributed by atoms with Crippen LogP contribution in [0.3, 0.4) is 0 Å².